The van der Waals surface area contributed by atoms with E-state index in [-0.39, 0.29) is 16.1 Å². The molecule has 0 unspecified atom stereocenters. The number of halogens is 1. The predicted octanol–water partition coefficient (Wildman–Crippen LogP) is 4.99. The van der Waals surface area contributed by atoms with E-state index in [9.17, 15) is 17.6 Å². The molecule has 150 valence electrons. The fourth-order valence-electron chi connectivity index (χ4n) is 2.58. The van der Waals surface area contributed by atoms with Gasteiger partial charge in [-0.25, -0.2) is 12.8 Å². The molecule has 0 saturated heterocycles. The molecule has 0 radical (unpaired) electrons. The van der Waals surface area contributed by atoms with Crippen molar-refractivity contribution < 1.29 is 17.6 Å². The Balaban J connectivity index is 1.81. The van der Waals surface area contributed by atoms with Crippen LogP contribution in [0.5, 0.6) is 0 Å². The number of sulfonamides is 1. The van der Waals surface area contributed by atoms with Crippen LogP contribution in [0.25, 0.3) is 0 Å². The van der Waals surface area contributed by atoms with Gasteiger partial charge in [-0.05, 0) is 60.4 Å². The maximum Gasteiger partial charge on any atom is 0.261 e. The Bertz CT molecular complexity index is 1120. The second-order valence-electron chi connectivity index (χ2n) is 6.02. The van der Waals surface area contributed by atoms with Crippen LogP contribution in [0.15, 0.2) is 82.6 Å². The van der Waals surface area contributed by atoms with Crippen LogP contribution in [-0.2, 0) is 10.0 Å². The first-order valence-corrected chi connectivity index (χ1v) is 11.3. The van der Waals surface area contributed by atoms with Gasteiger partial charge in [-0.2, -0.15) is 0 Å². The number of thioether (sulfide) groups is 1. The molecule has 0 bridgehead atoms. The first-order chi connectivity index (χ1) is 13.9. The van der Waals surface area contributed by atoms with E-state index in [1.54, 1.807) is 23.9 Å². The van der Waals surface area contributed by atoms with Crippen molar-refractivity contribution in [2.24, 2.45) is 0 Å². The van der Waals surface area contributed by atoms with E-state index in [1.807, 2.05) is 25.1 Å². The molecule has 8 heteroatoms. The van der Waals surface area contributed by atoms with Gasteiger partial charge < -0.3 is 5.32 Å². The van der Waals surface area contributed by atoms with Gasteiger partial charge in [0.05, 0.1) is 10.6 Å². The molecule has 0 aliphatic carbocycles. The minimum Gasteiger partial charge on any atom is -0.321 e. The number of hydrogen-bond donors (Lipinski definition) is 2. The lowest BCUT2D eigenvalue weighted by Gasteiger charge is -2.12. The molecule has 1 amide bonds. The number of hydrogen-bond acceptors (Lipinski definition) is 4. The van der Waals surface area contributed by atoms with Gasteiger partial charge in [0.15, 0.2) is 0 Å². The highest BCUT2D eigenvalue weighted by Crippen LogP contribution is 2.27. The molecule has 3 aromatic rings. The summed E-state index contributed by atoms with van der Waals surface area (Å²) < 4.78 is 40.6. The van der Waals surface area contributed by atoms with Crippen LogP contribution in [0, 0.1) is 5.82 Å². The quantitative estimate of drug-likeness (QED) is 0.518. The normalized spacial score (nSPS) is 11.1. The summed E-state index contributed by atoms with van der Waals surface area (Å²) in [6, 6.07) is 18.1. The standard InChI is InChI=1S/C21H19FN2O3S2/c1-2-28-20-9-4-3-8-19(20)23-21(25)15-6-5-7-18(14-15)29(26,27)24-17-12-10-16(22)11-13-17/h3-14,24H,2H2,1H3,(H,23,25). The summed E-state index contributed by atoms with van der Waals surface area (Å²) in [5.74, 6) is -0.0172. The summed E-state index contributed by atoms with van der Waals surface area (Å²) in [6.45, 7) is 2.02. The fraction of sp³-hybridized carbons (Fsp3) is 0.0952. The van der Waals surface area contributed by atoms with Crippen molar-refractivity contribution in [1.29, 1.82) is 0 Å². The van der Waals surface area contributed by atoms with Crippen molar-refractivity contribution >= 4 is 39.1 Å². The summed E-state index contributed by atoms with van der Waals surface area (Å²) in [4.78, 5) is 13.5. The number of nitrogens with one attached hydrogen (secondary N) is 2. The van der Waals surface area contributed by atoms with Gasteiger partial charge in [-0.15, -0.1) is 11.8 Å². The Labute approximate surface area is 173 Å². The lowest BCUT2D eigenvalue weighted by atomic mass is 10.2. The number of rotatable bonds is 7. The third-order valence-electron chi connectivity index (χ3n) is 3.94. The Morgan fingerprint density at radius 2 is 1.72 bits per heavy atom. The first-order valence-electron chi connectivity index (χ1n) is 8.80. The maximum absolute atomic E-state index is 13.0. The lowest BCUT2D eigenvalue weighted by molar-refractivity contribution is 0.102. The van der Waals surface area contributed by atoms with Crippen molar-refractivity contribution in [3.05, 3.63) is 84.2 Å². The first kappa shape index (κ1) is 20.9. The Morgan fingerprint density at radius 1 is 1.00 bits per heavy atom. The summed E-state index contributed by atoms with van der Waals surface area (Å²) in [6.07, 6.45) is 0. The predicted molar refractivity (Wildman–Crippen MR) is 114 cm³/mol. The summed E-state index contributed by atoms with van der Waals surface area (Å²) >= 11 is 1.60. The molecular formula is C21H19FN2O3S2. The number of benzene rings is 3. The molecule has 0 saturated carbocycles. The molecule has 0 fully saturated rings. The average Bonchev–Trinajstić information content (AvgIpc) is 2.71. The maximum atomic E-state index is 13.0. The summed E-state index contributed by atoms with van der Waals surface area (Å²) in [5, 5.41) is 2.83. The summed E-state index contributed by atoms with van der Waals surface area (Å²) in [5.41, 5.74) is 1.11. The number of para-hydroxylation sites is 1. The van der Waals surface area contributed by atoms with Gasteiger partial charge in [0, 0.05) is 16.1 Å². The van der Waals surface area contributed by atoms with Gasteiger partial charge >= 0.3 is 0 Å². The molecule has 5 nitrogen and oxygen atoms in total. The van der Waals surface area contributed by atoms with Crippen LogP contribution in [0.4, 0.5) is 15.8 Å². The zero-order chi connectivity index (χ0) is 20.9. The molecule has 29 heavy (non-hydrogen) atoms. The third-order valence-corrected chi connectivity index (χ3v) is 6.27. The number of anilines is 2. The molecule has 0 aromatic heterocycles. The van der Waals surface area contributed by atoms with Crippen molar-refractivity contribution in [1.82, 2.24) is 0 Å². The zero-order valence-electron chi connectivity index (χ0n) is 15.6. The van der Waals surface area contributed by atoms with Gasteiger partial charge in [-0.3, -0.25) is 9.52 Å². The van der Waals surface area contributed by atoms with E-state index < -0.39 is 21.7 Å². The molecule has 3 rings (SSSR count). The third kappa shape index (κ3) is 5.36. The van der Waals surface area contributed by atoms with E-state index in [2.05, 4.69) is 10.0 Å². The molecule has 0 heterocycles. The highest BCUT2D eigenvalue weighted by molar-refractivity contribution is 7.99. The van der Waals surface area contributed by atoms with E-state index in [4.69, 9.17) is 0 Å². The molecule has 0 aliphatic rings. The Kier molecular flexibility index (Phi) is 6.56. The van der Waals surface area contributed by atoms with Gasteiger partial charge in [0.25, 0.3) is 15.9 Å². The highest BCUT2D eigenvalue weighted by Gasteiger charge is 2.17. The van der Waals surface area contributed by atoms with Crippen LogP contribution in [0.2, 0.25) is 0 Å². The van der Waals surface area contributed by atoms with Gasteiger partial charge in [0.1, 0.15) is 5.82 Å². The minimum atomic E-state index is -3.93. The van der Waals surface area contributed by atoms with E-state index >= 15 is 0 Å². The second-order valence-corrected chi connectivity index (χ2v) is 9.01. The van der Waals surface area contributed by atoms with Gasteiger partial charge in [0.2, 0.25) is 0 Å². The largest absolute Gasteiger partial charge is 0.321 e. The SMILES string of the molecule is CCSc1ccccc1NC(=O)c1cccc(S(=O)(=O)Nc2ccc(F)cc2)c1. The average molecular weight is 431 g/mol. The van der Waals surface area contributed by atoms with Crippen molar-refractivity contribution in [2.45, 2.75) is 16.7 Å². The topological polar surface area (TPSA) is 75.3 Å². The smallest absolute Gasteiger partial charge is 0.261 e. The monoisotopic (exact) mass is 430 g/mol. The number of carbonyl (C=O) groups is 1. The number of carbonyl (C=O) groups excluding carboxylic acids is 1. The molecular weight excluding hydrogens is 411 g/mol. The van der Waals surface area contributed by atoms with Gasteiger partial charge in [-0.1, -0.05) is 25.1 Å². The van der Waals surface area contributed by atoms with E-state index in [1.165, 1.54) is 30.3 Å². The summed E-state index contributed by atoms with van der Waals surface area (Å²) in [7, 11) is -3.93. The van der Waals surface area contributed by atoms with Crippen molar-refractivity contribution in [2.75, 3.05) is 15.8 Å². The van der Waals surface area contributed by atoms with Crippen LogP contribution in [0.1, 0.15) is 17.3 Å². The molecule has 2 N–H and O–H groups in total. The molecule has 0 atom stereocenters. The van der Waals surface area contributed by atoms with E-state index in [0.29, 0.717) is 5.69 Å². The number of amides is 1. The second kappa shape index (κ2) is 9.11. The zero-order valence-corrected chi connectivity index (χ0v) is 17.2. The lowest BCUT2D eigenvalue weighted by Crippen LogP contribution is -2.16. The molecule has 0 spiro atoms. The van der Waals surface area contributed by atoms with Crippen LogP contribution in [0.3, 0.4) is 0 Å². The fourth-order valence-corrected chi connectivity index (χ4v) is 4.45. The van der Waals surface area contributed by atoms with Crippen LogP contribution >= 0.6 is 11.8 Å². The Hall–Kier alpha value is -2.84. The molecule has 0 aliphatic heterocycles. The minimum absolute atomic E-state index is 0.0642. The van der Waals surface area contributed by atoms with Crippen molar-refractivity contribution in [3.63, 3.8) is 0 Å². The highest BCUT2D eigenvalue weighted by atomic mass is 32.2. The van der Waals surface area contributed by atoms with Crippen molar-refractivity contribution in [3.8, 4) is 0 Å². The van der Waals surface area contributed by atoms with E-state index in [0.717, 1.165) is 22.8 Å². The van der Waals surface area contributed by atoms with Crippen LogP contribution < -0.4 is 10.0 Å². The van der Waals surface area contributed by atoms with Crippen LogP contribution in [-0.4, -0.2) is 20.1 Å². The molecule has 3 aromatic carbocycles. The Morgan fingerprint density at radius 3 is 2.45 bits per heavy atom.